The summed E-state index contributed by atoms with van der Waals surface area (Å²) in [5.74, 6) is 0.891. The molecule has 1 aliphatic rings. The first-order chi connectivity index (χ1) is 12.3. The minimum absolute atomic E-state index is 0.891. The largest absolute Gasteiger partial charge is 0.497 e. The minimum atomic E-state index is 0.891. The molecule has 0 amide bonds. The second kappa shape index (κ2) is 6.82. The summed E-state index contributed by atoms with van der Waals surface area (Å²) in [6.07, 6.45) is 3.28. The lowest BCUT2D eigenvalue weighted by atomic mass is 9.96. The fraction of sp³-hybridized carbons (Fsp3) is 0.0833. The summed E-state index contributed by atoms with van der Waals surface area (Å²) < 4.78 is 5.28. The van der Waals surface area contributed by atoms with E-state index in [2.05, 4.69) is 78.9 Å². The van der Waals surface area contributed by atoms with Crippen LogP contribution in [0.2, 0.25) is 0 Å². The first-order valence-corrected chi connectivity index (χ1v) is 8.54. The quantitative estimate of drug-likeness (QED) is 0.564. The fourth-order valence-corrected chi connectivity index (χ4v) is 3.36. The maximum absolute atomic E-state index is 5.28. The molecule has 3 aromatic carbocycles. The Morgan fingerprint density at radius 3 is 1.84 bits per heavy atom. The Balaban J connectivity index is 1.77. The lowest BCUT2D eigenvalue weighted by molar-refractivity contribution is 0.415. The average molecular weight is 324 g/mol. The molecule has 1 heteroatoms. The van der Waals surface area contributed by atoms with Gasteiger partial charge in [0.1, 0.15) is 5.75 Å². The van der Waals surface area contributed by atoms with Crippen LogP contribution in [0.4, 0.5) is 0 Å². The molecule has 0 unspecified atom stereocenters. The maximum atomic E-state index is 5.28. The highest BCUT2D eigenvalue weighted by Crippen LogP contribution is 2.42. The number of hydrogen-bond acceptors (Lipinski definition) is 1. The Morgan fingerprint density at radius 1 is 0.640 bits per heavy atom. The highest BCUT2D eigenvalue weighted by molar-refractivity contribution is 6.06. The molecule has 0 saturated carbocycles. The summed E-state index contributed by atoms with van der Waals surface area (Å²) in [4.78, 5) is 0. The Labute approximate surface area is 148 Å². The van der Waals surface area contributed by atoms with E-state index in [0.717, 1.165) is 12.2 Å². The minimum Gasteiger partial charge on any atom is -0.497 e. The molecule has 1 nitrogen and oxygen atoms in total. The van der Waals surface area contributed by atoms with Crippen molar-refractivity contribution in [2.75, 3.05) is 7.11 Å². The summed E-state index contributed by atoms with van der Waals surface area (Å²) in [6, 6.07) is 29.7. The fourth-order valence-electron chi connectivity index (χ4n) is 3.36. The van der Waals surface area contributed by atoms with Crippen LogP contribution in [-0.2, 0) is 0 Å². The van der Waals surface area contributed by atoms with Gasteiger partial charge in [0.25, 0.3) is 0 Å². The van der Waals surface area contributed by atoms with Crippen molar-refractivity contribution in [1.29, 1.82) is 0 Å². The molecule has 122 valence electrons. The standard InChI is InChI=1S/C24H20O/c1-25-22-14-12-18(13-15-22)21-16-23(19-8-4-2-5-9-19)24(17-21)20-10-6-3-7-11-20/h2-16H,17H2,1H3. The van der Waals surface area contributed by atoms with Crippen molar-refractivity contribution in [3.8, 4) is 5.75 Å². The van der Waals surface area contributed by atoms with Crippen LogP contribution in [0.5, 0.6) is 5.75 Å². The summed E-state index contributed by atoms with van der Waals surface area (Å²) in [6.45, 7) is 0. The summed E-state index contributed by atoms with van der Waals surface area (Å²) in [5, 5.41) is 0. The second-order valence-electron chi connectivity index (χ2n) is 6.20. The van der Waals surface area contributed by atoms with Crippen molar-refractivity contribution >= 4 is 16.7 Å². The lowest BCUT2D eigenvalue weighted by Crippen LogP contribution is -1.87. The smallest absolute Gasteiger partial charge is 0.118 e. The van der Waals surface area contributed by atoms with Crippen LogP contribution in [-0.4, -0.2) is 7.11 Å². The van der Waals surface area contributed by atoms with E-state index in [9.17, 15) is 0 Å². The third-order valence-electron chi connectivity index (χ3n) is 4.68. The molecule has 25 heavy (non-hydrogen) atoms. The molecule has 4 rings (SSSR count). The number of hydrogen-bond donors (Lipinski definition) is 0. The monoisotopic (exact) mass is 324 g/mol. The van der Waals surface area contributed by atoms with E-state index in [1.54, 1.807) is 7.11 Å². The Hall–Kier alpha value is -3.06. The van der Waals surface area contributed by atoms with E-state index in [1.807, 2.05) is 12.1 Å². The van der Waals surface area contributed by atoms with Gasteiger partial charge in [-0.05, 0) is 58.0 Å². The first kappa shape index (κ1) is 15.5. The van der Waals surface area contributed by atoms with Crippen molar-refractivity contribution in [1.82, 2.24) is 0 Å². The first-order valence-electron chi connectivity index (χ1n) is 8.54. The Bertz CT molecular complexity index is 917. The van der Waals surface area contributed by atoms with Crippen LogP contribution >= 0.6 is 0 Å². The van der Waals surface area contributed by atoms with E-state index in [0.29, 0.717) is 0 Å². The summed E-state index contributed by atoms with van der Waals surface area (Å²) in [5.41, 5.74) is 7.86. The molecule has 0 N–H and O–H groups in total. The van der Waals surface area contributed by atoms with Gasteiger partial charge >= 0.3 is 0 Å². The zero-order valence-electron chi connectivity index (χ0n) is 14.3. The van der Waals surface area contributed by atoms with Gasteiger partial charge in [-0.25, -0.2) is 0 Å². The number of ether oxygens (including phenoxy) is 1. The van der Waals surface area contributed by atoms with Gasteiger partial charge in [0, 0.05) is 0 Å². The van der Waals surface area contributed by atoms with Gasteiger partial charge in [0.15, 0.2) is 0 Å². The van der Waals surface area contributed by atoms with Crippen LogP contribution < -0.4 is 4.74 Å². The number of allylic oxidation sites excluding steroid dienone is 4. The molecule has 0 bridgehead atoms. The van der Waals surface area contributed by atoms with Crippen molar-refractivity contribution < 1.29 is 4.74 Å². The van der Waals surface area contributed by atoms with Crippen LogP contribution in [0.1, 0.15) is 23.1 Å². The van der Waals surface area contributed by atoms with Crippen LogP contribution in [0, 0.1) is 0 Å². The van der Waals surface area contributed by atoms with Gasteiger partial charge in [-0.1, -0.05) is 72.8 Å². The van der Waals surface area contributed by atoms with Crippen molar-refractivity contribution in [2.45, 2.75) is 6.42 Å². The number of benzene rings is 3. The molecule has 0 radical (unpaired) electrons. The Kier molecular flexibility index (Phi) is 4.22. The molecule has 0 spiro atoms. The maximum Gasteiger partial charge on any atom is 0.118 e. The number of methoxy groups -OCH3 is 1. The van der Waals surface area contributed by atoms with Crippen LogP contribution in [0.25, 0.3) is 16.7 Å². The zero-order valence-corrected chi connectivity index (χ0v) is 14.3. The van der Waals surface area contributed by atoms with E-state index in [-0.39, 0.29) is 0 Å². The van der Waals surface area contributed by atoms with Crippen molar-refractivity contribution in [2.24, 2.45) is 0 Å². The molecule has 0 atom stereocenters. The van der Waals surface area contributed by atoms with Gasteiger partial charge in [0.2, 0.25) is 0 Å². The van der Waals surface area contributed by atoms with E-state index < -0.39 is 0 Å². The van der Waals surface area contributed by atoms with Crippen molar-refractivity contribution in [3.63, 3.8) is 0 Å². The van der Waals surface area contributed by atoms with E-state index in [1.165, 1.54) is 33.4 Å². The zero-order chi connectivity index (χ0) is 17.1. The molecule has 0 fully saturated rings. The third kappa shape index (κ3) is 3.14. The summed E-state index contributed by atoms with van der Waals surface area (Å²) in [7, 11) is 1.70. The molecular formula is C24H20O. The van der Waals surface area contributed by atoms with Gasteiger partial charge in [0.05, 0.1) is 7.11 Å². The molecule has 0 aliphatic heterocycles. The Morgan fingerprint density at radius 2 is 1.24 bits per heavy atom. The molecule has 0 heterocycles. The molecule has 0 aromatic heterocycles. The van der Waals surface area contributed by atoms with Gasteiger partial charge in [-0.2, -0.15) is 0 Å². The van der Waals surface area contributed by atoms with E-state index >= 15 is 0 Å². The van der Waals surface area contributed by atoms with Crippen molar-refractivity contribution in [3.05, 3.63) is 108 Å². The van der Waals surface area contributed by atoms with Crippen LogP contribution in [0.15, 0.2) is 91.0 Å². The van der Waals surface area contributed by atoms with E-state index in [4.69, 9.17) is 4.74 Å². The molecule has 1 aliphatic carbocycles. The highest BCUT2D eigenvalue weighted by atomic mass is 16.5. The van der Waals surface area contributed by atoms with Gasteiger partial charge in [-0.3, -0.25) is 0 Å². The van der Waals surface area contributed by atoms with Crippen LogP contribution in [0.3, 0.4) is 0 Å². The SMILES string of the molecule is COc1ccc(C2=CC(c3ccccc3)=C(c3ccccc3)C2)cc1. The predicted octanol–water partition coefficient (Wildman–Crippen LogP) is 6.09. The topological polar surface area (TPSA) is 9.23 Å². The molecule has 0 saturated heterocycles. The molecular weight excluding hydrogens is 304 g/mol. The predicted molar refractivity (Wildman–Crippen MR) is 105 cm³/mol. The molecule has 3 aromatic rings. The summed E-state index contributed by atoms with van der Waals surface area (Å²) >= 11 is 0. The normalized spacial score (nSPS) is 13.7. The van der Waals surface area contributed by atoms with Gasteiger partial charge in [-0.15, -0.1) is 0 Å². The third-order valence-corrected chi connectivity index (χ3v) is 4.68. The van der Waals surface area contributed by atoms with Gasteiger partial charge < -0.3 is 4.74 Å². The highest BCUT2D eigenvalue weighted by Gasteiger charge is 2.19. The lowest BCUT2D eigenvalue weighted by Gasteiger charge is -2.09. The average Bonchev–Trinajstić information content (AvgIpc) is 3.15. The second-order valence-corrected chi connectivity index (χ2v) is 6.20. The number of rotatable bonds is 4.